The maximum Gasteiger partial charge on any atom is 0.482 e. The monoisotopic (exact) mass is 1110 g/mol. The molecule has 1 N–H and O–H groups in total. The number of aliphatic hydroxyl groups excluding tert-OH is 1. The molecule has 1 aliphatic rings. The molecule has 0 radical (unpaired) electrons. The van der Waals surface area contributed by atoms with Crippen molar-refractivity contribution in [3.8, 4) is 0 Å². The van der Waals surface area contributed by atoms with E-state index >= 15 is 35.1 Å². The Balaban J connectivity index is 0.0000137. The molecule has 0 saturated carbocycles. The number of halogens is 40. The van der Waals surface area contributed by atoms with E-state index in [1.165, 1.54) is 0 Å². The van der Waals surface area contributed by atoms with Crippen LogP contribution in [0.5, 0.6) is 0 Å². The third kappa shape index (κ3) is 7.86. The highest BCUT2D eigenvalue weighted by Crippen LogP contribution is 2.76. The molecule has 1 unspecified atom stereocenters. The lowest BCUT2D eigenvalue weighted by atomic mass is 9.84. The standard InChI is InChI=1S/C19F40O3Si.C2H6O/c20-1(21,3(24,25)5(28,29)9(36,37)12(40,41)42)2(22,23)4(26,27)7(32,33)11(60-16(52,53)13(43,44)45)8(34,35)6(30,31)10(38,39)19(58,59)63(11,61-17(54,55)14(46,47)48)62-18(56,57)15(49,50)51;1-2-3/h;3H,2H2,1H3. The van der Waals surface area contributed by atoms with E-state index in [-0.39, 0.29) is 6.61 Å². The van der Waals surface area contributed by atoms with Crippen molar-refractivity contribution in [3.63, 3.8) is 0 Å². The molecular formula is C21H6F40O4Si. The van der Waals surface area contributed by atoms with Crippen LogP contribution in [0.1, 0.15) is 6.92 Å². The first-order valence-electron chi connectivity index (χ1n) is 14.1. The summed E-state index contributed by atoms with van der Waals surface area (Å²) < 4.78 is 560. The van der Waals surface area contributed by atoms with Crippen LogP contribution < -0.4 is 0 Å². The first-order chi connectivity index (χ1) is 27.8. The predicted octanol–water partition coefficient (Wildman–Crippen LogP) is 12.3. The number of ether oxygens (including phenoxy) is 1. The third-order valence-corrected chi connectivity index (χ3v) is 11.4. The minimum Gasteiger partial charge on any atom is -0.397 e. The van der Waals surface area contributed by atoms with Crippen LogP contribution in [0.4, 0.5) is 176 Å². The smallest absolute Gasteiger partial charge is 0.397 e. The van der Waals surface area contributed by atoms with Crippen LogP contribution >= 0.6 is 0 Å². The number of aliphatic hydroxyl groups is 1. The first kappa shape index (κ1) is 63.3. The van der Waals surface area contributed by atoms with Crippen molar-refractivity contribution in [2.75, 3.05) is 6.61 Å². The SMILES string of the molecule is CCO.FC(F)(F)C(F)(F)OC1(C(F)(F)C(F)(F)C(F)(F)C(F)(F)C(F)(F)C(F)(F)C(F)(F)C(F)(F)F)C(F)(F)C(F)(F)C(F)(F)C(F)(F)[Si]1(OC(F)(F)C(F)(F)F)OC(F)(F)C(F)(F)F. The van der Waals surface area contributed by atoms with Crippen LogP contribution in [0.25, 0.3) is 0 Å². The summed E-state index contributed by atoms with van der Waals surface area (Å²) in [5.41, 5.74) is -10.5. The molecule has 1 rings (SSSR count). The Morgan fingerprint density at radius 2 is 0.591 bits per heavy atom. The Hall–Kier alpha value is -2.74. The minimum atomic E-state index is -13.6. The molecule has 45 heteroatoms. The van der Waals surface area contributed by atoms with Crippen molar-refractivity contribution in [1.82, 2.24) is 0 Å². The Morgan fingerprint density at radius 3 is 0.833 bits per heavy atom. The Labute approximate surface area is 330 Å². The van der Waals surface area contributed by atoms with Crippen LogP contribution in [0, 0.1) is 0 Å². The van der Waals surface area contributed by atoms with Gasteiger partial charge in [-0.3, -0.25) is 4.74 Å². The van der Waals surface area contributed by atoms with Crippen LogP contribution in [0.3, 0.4) is 0 Å². The van der Waals surface area contributed by atoms with E-state index in [1.807, 2.05) is 0 Å². The van der Waals surface area contributed by atoms with E-state index in [4.69, 9.17) is 5.11 Å². The van der Waals surface area contributed by atoms with Crippen LogP contribution in [-0.2, 0) is 13.6 Å². The van der Waals surface area contributed by atoms with Gasteiger partial charge in [-0.2, -0.15) is 176 Å². The molecule has 1 heterocycles. The van der Waals surface area contributed by atoms with Crippen molar-refractivity contribution in [1.29, 1.82) is 0 Å². The van der Waals surface area contributed by atoms with Gasteiger partial charge < -0.3 is 14.0 Å². The second-order valence-corrected chi connectivity index (χ2v) is 14.8. The zero-order chi connectivity index (χ0) is 54.8. The molecule has 0 aromatic carbocycles. The molecule has 66 heavy (non-hydrogen) atoms. The van der Waals surface area contributed by atoms with Gasteiger partial charge in [0.25, 0.3) is 5.22 Å². The Bertz CT molecular complexity index is 1690. The van der Waals surface area contributed by atoms with E-state index < -0.39 is 122 Å². The summed E-state index contributed by atoms with van der Waals surface area (Å²) in [6.45, 7) is 1.93. The van der Waals surface area contributed by atoms with E-state index in [0.29, 0.717) is 4.74 Å². The maximum absolute atomic E-state index is 15.7. The second-order valence-electron chi connectivity index (χ2n) is 11.8. The molecule has 1 fully saturated rings. The highest BCUT2D eigenvalue weighted by molar-refractivity contribution is 6.74. The van der Waals surface area contributed by atoms with Gasteiger partial charge in [0.15, 0.2) is 0 Å². The quantitative estimate of drug-likeness (QED) is 0.147. The summed E-state index contributed by atoms with van der Waals surface area (Å²) in [5, 5.41) is -3.80. The molecule has 0 amide bonds. The highest BCUT2D eigenvalue weighted by atomic mass is 28.4. The van der Waals surface area contributed by atoms with Crippen molar-refractivity contribution in [2.45, 2.75) is 120 Å². The summed E-state index contributed by atoms with van der Waals surface area (Å²) in [5.74, 6) is -105. The van der Waals surface area contributed by atoms with Crippen molar-refractivity contribution in [2.24, 2.45) is 0 Å². The maximum atomic E-state index is 15.7. The zero-order valence-electron chi connectivity index (χ0n) is 28.5. The summed E-state index contributed by atoms with van der Waals surface area (Å²) in [4.78, 5) is 0. The number of alkyl halides is 40. The Morgan fingerprint density at radius 1 is 0.348 bits per heavy atom. The normalized spacial score (nSPS) is 23.0. The van der Waals surface area contributed by atoms with Gasteiger partial charge in [-0.15, -0.1) is 0 Å². The first-order valence-corrected chi connectivity index (χ1v) is 15.9. The van der Waals surface area contributed by atoms with Crippen molar-refractivity contribution in [3.05, 3.63) is 0 Å². The summed E-state index contributed by atoms with van der Waals surface area (Å²) >= 11 is 0. The molecule has 0 aliphatic carbocycles. The second kappa shape index (κ2) is 15.9. The van der Waals surface area contributed by atoms with E-state index in [9.17, 15) is 140 Å². The molecule has 1 atom stereocenters. The number of hydrogen-bond donors (Lipinski definition) is 1. The summed E-state index contributed by atoms with van der Waals surface area (Å²) in [7, 11) is -13.6. The fraction of sp³-hybridized carbons (Fsp3) is 1.00. The largest absolute Gasteiger partial charge is 0.482 e. The van der Waals surface area contributed by atoms with Gasteiger partial charge in [0.2, 0.25) is 0 Å². The molecule has 4 nitrogen and oxygen atoms in total. The van der Waals surface area contributed by atoms with Gasteiger partial charge in [-0.25, -0.2) is 0 Å². The van der Waals surface area contributed by atoms with E-state index in [2.05, 4.69) is 0 Å². The highest BCUT2D eigenvalue weighted by Gasteiger charge is 3.12. The summed E-state index contributed by atoms with van der Waals surface area (Å²) in [6.07, 6.45) is -64.9. The fourth-order valence-corrected chi connectivity index (χ4v) is 8.21. The lowest BCUT2D eigenvalue weighted by Gasteiger charge is -2.62. The van der Waals surface area contributed by atoms with Gasteiger partial charge in [0.05, 0.1) is 0 Å². The van der Waals surface area contributed by atoms with E-state index in [1.54, 1.807) is 6.92 Å². The lowest BCUT2D eigenvalue weighted by Crippen LogP contribution is -2.99. The molecule has 1 aliphatic heterocycles. The molecular weight excluding hydrogens is 1100 g/mol. The third-order valence-electron chi connectivity index (χ3n) is 7.48. The average molecular weight is 1110 g/mol. The molecule has 398 valence electrons. The predicted molar refractivity (Wildman–Crippen MR) is 118 cm³/mol. The average Bonchev–Trinajstić information content (AvgIpc) is 3.03. The van der Waals surface area contributed by atoms with Gasteiger partial charge in [0.1, 0.15) is 0 Å². The molecule has 1 saturated heterocycles. The van der Waals surface area contributed by atoms with E-state index in [0.717, 1.165) is 8.85 Å². The van der Waals surface area contributed by atoms with Gasteiger partial charge in [-0.1, -0.05) is 0 Å². The molecule has 0 aromatic rings. The molecule has 0 spiro atoms. The van der Waals surface area contributed by atoms with Gasteiger partial charge >= 0.3 is 116 Å². The van der Waals surface area contributed by atoms with Crippen molar-refractivity contribution < 1.29 is 194 Å². The minimum absolute atomic E-state index is 0.250. The van der Waals surface area contributed by atoms with Crippen molar-refractivity contribution >= 4 is 8.56 Å². The van der Waals surface area contributed by atoms with Crippen LogP contribution in [0.15, 0.2) is 0 Å². The van der Waals surface area contributed by atoms with Crippen LogP contribution in [0.2, 0.25) is 0 Å². The molecule has 0 bridgehead atoms. The van der Waals surface area contributed by atoms with Gasteiger partial charge in [0, 0.05) is 6.61 Å². The van der Waals surface area contributed by atoms with Gasteiger partial charge in [-0.05, 0) is 6.92 Å². The summed E-state index contributed by atoms with van der Waals surface area (Å²) in [6, 6.07) is 0. The molecule has 0 aromatic heterocycles. The fourth-order valence-electron chi connectivity index (χ4n) is 4.25. The number of rotatable bonds is 13. The van der Waals surface area contributed by atoms with Crippen LogP contribution in [-0.4, -0.2) is 133 Å². The number of hydrogen-bond acceptors (Lipinski definition) is 4. The zero-order valence-corrected chi connectivity index (χ0v) is 29.5. The Kier molecular flexibility index (Phi) is 15.2. The lowest BCUT2D eigenvalue weighted by molar-refractivity contribution is -0.519. The topological polar surface area (TPSA) is 47.9 Å².